The van der Waals surface area contributed by atoms with Crippen molar-refractivity contribution in [3.63, 3.8) is 0 Å². The predicted molar refractivity (Wildman–Crippen MR) is 58.5 cm³/mol. The number of anilines is 1. The number of nitrogens with zero attached hydrogens (tertiary/aromatic N) is 2. The molecule has 1 aliphatic rings. The molecular weight excluding hydrogens is 193 g/mol. The Kier molecular flexibility index (Phi) is 3.16. The SMILES string of the molecule is CN[C@@H]1CCCN(c2cncc(F)c2)C1. The Labute approximate surface area is 89.3 Å². The maximum Gasteiger partial charge on any atom is 0.143 e. The molecule has 0 bridgehead atoms. The second kappa shape index (κ2) is 4.57. The molecule has 2 rings (SSSR count). The molecule has 1 aromatic heterocycles. The topological polar surface area (TPSA) is 28.2 Å². The van der Waals surface area contributed by atoms with Gasteiger partial charge in [-0.1, -0.05) is 0 Å². The van der Waals surface area contributed by atoms with E-state index in [1.807, 2.05) is 7.05 Å². The van der Waals surface area contributed by atoms with Crippen LogP contribution in [0.25, 0.3) is 0 Å². The van der Waals surface area contributed by atoms with Gasteiger partial charge in [-0.25, -0.2) is 4.39 Å². The number of piperidine rings is 1. The molecule has 4 heteroatoms. The third-order valence-electron chi connectivity index (χ3n) is 2.89. The molecule has 82 valence electrons. The number of hydrogen-bond acceptors (Lipinski definition) is 3. The van der Waals surface area contributed by atoms with Gasteiger partial charge < -0.3 is 10.2 Å². The van der Waals surface area contributed by atoms with Crippen molar-refractivity contribution in [2.45, 2.75) is 18.9 Å². The number of likely N-dealkylation sites (N-methyl/N-ethyl adjacent to an activating group) is 1. The summed E-state index contributed by atoms with van der Waals surface area (Å²) in [6.45, 7) is 1.92. The summed E-state index contributed by atoms with van der Waals surface area (Å²) in [5.41, 5.74) is 0.884. The van der Waals surface area contributed by atoms with Crippen molar-refractivity contribution in [3.05, 3.63) is 24.3 Å². The Hall–Kier alpha value is -1.16. The summed E-state index contributed by atoms with van der Waals surface area (Å²) >= 11 is 0. The minimum atomic E-state index is -0.265. The van der Waals surface area contributed by atoms with Crippen molar-refractivity contribution in [2.75, 3.05) is 25.0 Å². The summed E-state index contributed by atoms with van der Waals surface area (Å²) in [6, 6.07) is 2.05. The fourth-order valence-electron chi connectivity index (χ4n) is 2.02. The molecule has 1 aliphatic heterocycles. The lowest BCUT2D eigenvalue weighted by Gasteiger charge is -2.33. The fourth-order valence-corrected chi connectivity index (χ4v) is 2.02. The molecule has 1 saturated heterocycles. The van der Waals surface area contributed by atoms with Crippen LogP contribution in [0.4, 0.5) is 10.1 Å². The van der Waals surface area contributed by atoms with E-state index in [1.54, 1.807) is 12.3 Å². The van der Waals surface area contributed by atoms with E-state index in [1.165, 1.54) is 12.6 Å². The van der Waals surface area contributed by atoms with Gasteiger partial charge in [-0.2, -0.15) is 0 Å². The standard InChI is InChI=1S/C11H16FN3/c1-13-10-3-2-4-15(8-10)11-5-9(12)6-14-7-11/h5-7,10,13H,2-4,8H2,1H3/t10-/m1/s1. The van der Waals surface area contributed by atoms with Gasteiger partial charge in [-0.3, -0.25) is 4.98 Å². The van der Waals surface area contributed by atoms with Gasteiger partial charge in [0, 0.05) is 25.2 Å². The van der Waals surface area contributed by atoms with E-state index in [2.05, 4.69) is 15.2 Å². The summed E-state index contributed by atoms with van der Waals surface area (Å²) in [7, 11) is 1.97. The minimum absolute atomic E-state index is 0.265. The first-order valence-corrected chi connectivity index (χ1v) is 5.32. The van der Waals surface area contributed by atoms with Crippen LogP contribution in [-0.4, -0.2) is 31.2 Å². The molecule has 0 spiro atoms. The number of hydrogen-bond donors (Lipinski definition) is 1. The van der Waals surface area contributed by atoms with Crippen molar-refractivity contribution in [1.29, 1.82) is 0 Å². The maximum atomic E-state index is 13.0. The van der Waals surface area contributed by atoms with E-state index in [4.69, 9.17) is 0 Å². The van der Waals surface area contributed by atoms with Crippen LogP contribution in [0.5, 0.6) is 0 Å². The first-order valence-electron chi connectivity index (χ1n) is 5.32. The molecule has 1 fully saturated rings. The molecule has 1 N–H and O–H groups in total. The quantitative estimate of drug-likeness (QED) is 0.798. The zero-order valence-corrected chi connectivity index (χ0v) is 8.91. The van der Waals surface area contributed by atoms with Gasteiger partial charge in [0.05, 0.1) is 18.1 Å². The van der Waals surface area contributed by atoms with E-state index in [9.17, 15) is 4.39 Å². The number of nitrogens with one attached hydrogen (secondary N) is 1. The van der Waals surface area contributed by atoms with Crippen LogP contribution in [0.1, 0.15) is 12.8 Å². The molecule has 0 aromatic carbocycles. The molecule has 0 radical (unpaired) electrons. The average Bonchev–Trinajstić information content (AvgIpc) is 2.29. The smallest absolute Gasteiger partial charge is 0.143 e. The lowest BCUT2D eigenvalue weighted by atomic mass is 10.1. The molecule has 1 aromatic rings. The van der Waals surface area contributed by atoms with Crippen molar-refractivity contribution in [2.24, 2.45) is 0 Å². The molecule has 2 heterocycles. The van der Waals surface area contributed by atoms with Crippen molar-refractivity contribution < 1.29 is 4.39 Å². The van der Waals surface area contributed by atoms with E-state index in [0.717, 1.165) is 25.2 Å². The molecular formula is C11H16FN3. The van der Waals surface area contributed by atoms with Gasteiger partial charge in [-0.15, -0.1) is 0 Å². The van der Waals surface area contributed by atoms with Crippen LogP contribution in [0, 0.1) is 5.82 Å². The van der Waals surface area contributed by atoms with Crippen molar-refractivity contribution in [1.82, 2.24) is 10.3 Å². The molecule has 3 nitrogen and oxygen atoms in total. The average molecular weight is 209 g/mol. The van der Waals surface area contributed by atoms with Gasteiger partial charge in [0.25, 0.3) is 0 Å². The van der Waals surface area contributed by atoms with Gasteiger partial charge in [0.2, 0.25) is 0 Å². The Morgan fingerprint density at radius 1 is 1.53 bits per heavy atom. The van der Waals surface area contributed by atoms with Crippen molar-refractivity contribution in [3.8, 4) is 0 Å². The molecule has 0 amide bonds. The maximum absolute atomic E-state index is 13.0. The van der Waals surface area contributed by atoms with Crippen LogP contribution in [0.15, 0.2) is 18.5 Å². The van der Waals surface area contributed by atoms with Gasteiger partial charge in [0.15, 0.2) is 0 Å². The second-order valence-electron chi connectivity index (χ2n) is 3.94. The largest absolute Gasteiger partial charge is 0.369 e. The van der Waals surface area contributed by atoms with Crippen LogP contribution < -0.4 is 10.2 Å². The van der Waals surface area contributed by atoms with E-state index >= 15 is 0 Å². The molecule has 0 unspecified atom stereocenters. The highest BCUT2D eigenvalue weighted by Gasteiger charge is 2.18. The van der Waals surface area contributed by atoms with Crippen molar-refractivity contribution >= 4 is 5.69 Å². The van der Waals surface area contributed by atoms with Crippen LogP contribution in [0.2, 0.25) is 0 Å². The summed E-state index contributed by atoms with van der Waals surface area (Å²) in [5, 5.41) is 3.26. The second-order valence-corrected chi connectivity index (χ2v) is 3.94. The molecule has 1 atom stereocenters. The Bertz CT molecular complexity index is 329. The first kappa shape index (κ1) is 10.4. The minimum Gasteiger partial charge on any atom is -0.369 e. The van der Waals surface area contributed by atoms with Gasteiger partial charge >= 0.3 is 0 Å². The molecule has 0 saturated carbocycles. The number of rotatable bonds is 2. The Morgan fingerprint density at radius 2 is 2.40 bits per heavy atom. The third kappa shape index (κ3) is 2.45. The summed E-state index contributed by atoms with van der Waals surface area (Å²) in [6.07, 6.45) is 5.29. The lowest BCUT2D eigenvalue weighted by molar-refractivity contribution is 0.449. The zero-order valence-electron chi connectivity index (χ0n) is 8.91. The number of pyridine rings is 1. The predicted octanol–water partition coefficient (Wildman–Crippen LogP) is 1.41. The van der Waals surface area contributed by atoms with E-state index < -0.39 is 0 Å². The monoisotopic (exact) mass is 209 g/mol. The first-order chi connectivity index (χ1) is 7.29. The normalized spacial score (nSPS) is 21.7. The van der Waals surface area contributed by atoms with E-state index in [0.29, 0.717) is 6.04 Å². The zero-order chi connectivity index (χ0) is 10.7. The summed E-state index contributed by atoms with van der Waals surface area (Å²) in [5.74, 6) is -0.265. The number of halogens is 1. The van der Waals surface area contributed by atoms with Crippen LogP contribution >= 0.6 is 0 Å². The van der Waals surface area contributed by atoms with Gasteiger partial charge in [-0.05, 0) is 19.9 Å². The van der Waals surface area contributed by atoms with E-state index in [-0.39, 0.29) is 5.82 Å². The number of aromatic nitrogens is 1. The summed E-state index contributed by atoms with van der Waals surface area (Å²) in [4.78, 5) is 6.05. The van der Waals surface area contributed by atoms with Crippen LogP contribution in [-0.2, 0) is 0 Å². The highest BCUT2D eigenvalue weighted by Crippen LogP contribution is 2.19. The van der Waals surface area contributed by atoms with Gasteiger partial charge in [0.1, 0.15) is 5.82 Å². The summed E-state index contributed by atoms with van der Waals surface area (Å²) < 4.78 is 13.0. The Morgan fingerprint density at radius 3 is 3.13 bits per heavy atom. The highest BCUT2D eigenvalue weighted by atomic mass is 19.1. The lowest BCUT2D eigenvalue weighted by Crippen LogP contribution is -2.44. The third-order valence-corrected chi connectivity index (χ3v) is 2.89. The molecule has 0 aliphatic carbocycles. The fraction of sp³-hybridized carbons (Fsp3) is 0.545. The van der Waals surface area contributed by atoms with Crippen LogP contribution in [0.3, 0.4) is 0 Å². The molecule has 15 heavy (non-hydrogen) atoms. The highest BCUT2D eigenvalue weighted by molar-refractivity contribution is 5.44. The Balaban J connectivity index is 2.09.